The average molecular weight is 192 g/mol. The third-order valence-corrected chi connectivity index (χ3v) is 1.39. The predicted octanol–water partition coefficient (Wildman–Crippen LogP) is -0.446. The van der Waals surface area contributed by atoms with Gasteiger partial charge in [-0.05, 0) is 13.8 Å². The number of nitrogens with zero attached hydrogens (tertiary/aromatic N) is 1. The van der Waals surface area contributed by atoms with Gasteiger partial charge in [0.2, 0.25) is 0 Å². The van der Waals surface area contributed by atoms with Crippen LogP contribution < -0.4 is 5.73 Å². The minimum absolute atomic E-state index is 0.183. The zero-order valence-electron chi connectivity index (χ0n) is 8.40. The quantitative estimate of drug-likeness (QED) is 0.510. The minimum atomic E-state index is -0.387. The first kappa shape index (κ1) is 12.8. The second kappa shape index (κ2) is 8.40. The van der Waals surface area contributed by atoms with Crippen LogP contribution in [0.2, 0.25) is 0 Å². The number of ether oxygens (including phenoxy) is 2. The van der Waals surface area contributed by atoms with Gasteiger partial charge in [-0.25, -0.2) is 0 Å². The Morgan fingerprint density at radius 2 is 2.00 bits per heavy atom. The van der Waals surface area contributed by atoms with Gasteiger partial charge in [-0.2, -0.15) is 0 Å². The molecule has 0 fully saturated rings. The molecule has 0 bridgehead atoms. The standard InChI is InChI=1S/C8H20N2O3/c1-3-12-6-10(4-8(2)11)7-13-5-9/h8,11H,3-7,9H2,1-2H3. The molecule has 5 heteroatoms. The van der Waals surface area contributed by atoms with Crippen molar-refractivity contribution in [3.8, 4) is 0 Å². The van der Waals surface area contributed by atoms with Crippen LogP contribution in [0.3, 0.4) is 0 Å². The first-order valence-electron chi connectivity index (χ1n) is 4.46. The van der Waals surface area contributed by atoms with E-state index in [1.165, 1.54) is 0 Å². The van der Waals surface area contributed by atoms with Gasteiger partial charge in [0.1, 0.15) is 13.5 Å². The van der Waals surface area contributed by atoms with Crippen LogP contribution >= 0.6 is 0 Å². The fourth-order valence-electron chi connectivity index (χ4n) is 0.919. The molecular formula is C8H20N2O3. The highest BCUT2D eigenvalue weighted by Gasteiger charge is 2.07. The molecule has 0 aliphatic heterocycles. The second-order valence-electron chi connectivity index (χ2n) is 2.82. The lowest BCUT2D eigenvalue weighted by molar-refractivity contribution is -0.0555. The van der Waals surface area contributed by atoms with E-state index < -0.39 is 0 Å². The summed E-state index contributed by atoms with van der Waals surface area (Å²) < 4.78 is 10.2. The summed E-state index contributed by atoms with van der Waals surface area (Å²) in [6.45, 7) is 5.86. The lowest BCUT2D eigenvalue weighted by Crippen LogP contribution is -2.35. The molecule has 0 saturated carbocycles. The van der Waals surface area contributed by atoms with E-state index in [1.807, 2.05) is 11.8 Å². The molecule has 0 heterocycles. The van der Waals surface area contributed by atoms with Gasteiger partial charge in [0.25, 0.3) is 0 Å². The Kier molecular flexibility index (Phi) is 8.27. The van der Waals surface area contributed by atoms with Gasteiger partial charge in [-0.15, -0.1) is 0 Å². The molecule has 0 amide bonds. The van der Waals surface area contributed by atoms with Crippen molar-refractivity contribution >= 4 is 0 Å². The van der Waals surface area contributed by atoms with Gasteiger partial charge >= 0.3 is 0 Å². The van der Waals surface area contributed by atoms with Gasteiger partial charge < -0.3 is 20.3 Å². The normalized spacial score (nSPS) is 13.6. The van der Waals surface area contributed by atoms with Crippen molar-refractivity contribution in [2.24, 2.45) is 5.73 Å². The Hall–Kier alpha value is -0.200. The van der Waals surface area contributed by atoms with Gasteiger partial charge in [0.05, 0.1) is 12.8 Å². The van der Waals surface area contributed by atoms with Crippen molar-refractivity contribution in [3.63, 3.8) is 0 Å². The molecule has 0 saturated heterocycles. The molecular weight excluding hydrogens is 172 g/mol. The maximum atomic E-state index is 9.14. The van der Waals surface area contributed by atoms with Crippen LogP contribution in [0.25, 0.3) is 0 Å². The summed E-state index contributed by atoms with van der Waals surface area (Å²) in [5.74, 6) is 0. The van der Waals surface area contributed by atoms with Crippen molar-refractivity contribution < 1.29 is 14.6 Å². The number of aliphatic hydroxyl groups is 1. The second-order valence-corrected chi connectivity index (χ2v) is 2.82. The summed E-state index contributed by atoms with van der Waals surface area (Å²) in [5, 5.41) is 9.14. The molecule has 0 aromatic rings. The van der Waals surface area contributed by atoms with E-state index in [2.05, 4.69) is 0 Å². The highest BCUT2D eigenvalue weighted by atomic mass is 16.5. The molecule has 0 spiro atoms. The molecule has 1 atom stereocenters. The highest BCUT2D eigenvalue weighted by Crippen LogP contribution is 1.93. The predicted molar refractivity (Wildman–Crippen MR) is 49.9 cm³/mol. The van der Waals surface area contributed by atoms with Crippen LogP contribution in [0, 0.1) is 0 Å². The first-order chi connectivity index (χ1) is 6.20. The maximum absolute atomic E-state index is 9.14. The van der Waals surface area contributed by atoms with E-state index in [9.17, 15) is 0 Å². The lowest BCUT2D eigenvalue weighted by Gasteiger charge is -2.22. The van der Waals surface area contributed by atoms with E-state index in [1.54, 1.807) is 6.92 Å². The third kappa shape index (κ3) is 8.14. The summed E-state index contributed by atoms with van der Waals surface area (Å²) >= 11 is 0. The number of hydrogen-bond donors (Lipinski definition) is 2. The highest BCUT2D eigenvalue weighted by molar-refractivity contribution is 4.53. The Morgan fingerprint density at radius 3 is 2.46 bits per heavy atom. The van der Waals surface area contributed by atoms with Crippen LogP contribution in [0.5, 0.6) is 0 Å². The van der Waals surface area contributed by atoms with Crippen molar-refractivity contribution in [3.05, 3.63) is 0 Å². The van der Waals surface area contributed by atoms with E-state index in [0.29, 0.717) is 26.6 Å². The van der Waals surface area contributed by atoms with Gasteiger partial charge in [-0.1, -0.05) is 0 Å². The zero-order chi connectivity index (χ0) is 10.1. The average Bonchev–Trinajstić information content (AvgIpc) is 2.09. The van der Waals surface area contributed by atoms with E-state index >= 15 is 0 Å². The molecule has 0 rings (SSSR count). The monoisotopic (exact) mass is 192 g/mol. The zero-order valence-corrected chi connectivity index (χ0v) is 8.40. The largest absolute Gasteiger partial charge is 0.392 e. The number of rotatable bonds is 8. The summed E-state index contributed by atoms with van der Waals surface area (Å²) in [7, 11) is 0. The van der Waals surface area contributed by atoms with Crippen LogP contribution in [0.1, 0.15) is 13.8 Å². The van der Waals surface area contributed by atoms with Crippen LogP contribution in [-0.4, -0.2) is 49.5 Å². The molecule has 0 aromatic heterocycles. The van der Waals surface area contributed by atoms with Crippen molar-refractivity contribution in [2.45, 2.75) is 20.0 Å². The fourth-order valence-corrected chi connectivity index (χ4v) is 0.919. The Bertz CT molecular complexity index is 104. The number of aliphatic hydroxyl groups excluding tert-OH is 1. The fraction of sp³-hybridized carbons (Fsp3) is 1.00. The van der Waals surface area contributed by atoms with Gasteiger partial charge in [0, 0.05) is 13.2 Å². The summed E-state index contributed by atoms with van der Waals surface area (Å²) in [4.78, 5) is 1.85. The third-order valence-electron chi connectivity index (χ3n) is 1.39. The van der Waals surface area contributed by atoms with Gasteiger partial charge in [0.15, 0.2) is 0 Å². The molecule has 5 nitrogen and oxygen atoms in total. The Morgan fingerprint density at radius 1 is 1.38 bits per heavy atom. The summed E-state index contributed by atoms with van der Waals surface area (Å²) in [5.41, 5.74) is 5.18. The van der Waals surface area contributed by atoms with Gasteiger partial charge in [-0.3, -0.25) is 4.90 Å². The van der Waals surface area contributed by atoms with Crippen LogP contribution in [0.15, 0.2) is 0 Å². The molecule has 80 valence electrons. The molecule has 0 aromatic carbocycles. The maximum Gasteiger partial charge on any atom is 0.103 e. The Labute approximate surface area is 79.4 Å². The summed E-state index contributed by atoms with van der Waals surface area (Å²) in [6, 6.07) is 0. The first-order valence-corrected chi connectivity index (χ1v) is 4.46. The topological polar surface area (TPSA) is 68.0 Å². The molecule has 0 aliphatic carbocycles. The number of nitrogens with two attached hydrogens (primary N) is 1. The molecule has 13 heavy (non-hydrogen) atoms. The Balaban J connectivity index is 3.60. The molecule has 0 aliphatic rings. The number of hydrogen-bond acceptors (Lipinski definition) is 5. The van der Waals surface area contributed by atoms with E-state index in [-0.39, 0.29) is 12.8 Å². The lowest BCUT2D eigenvalue weighted by atomic mass is 10.4. The van der Waals surface area contributed by atoms with Crippen molar-refractivity contribution in [2.75, 3.05) is 33.3 Å². The SMILES string of the molecule is CCOCN(COCN)CC(C)O. The smallest absolute Gasteiger partial charge is 0.103 e. The minimum Gasteiger partial charge on any atom is -0.392 e. The summed E-state index contributed by atoms with van der Waals surface area (Å²) in [6.07, 6.45) is -0.387. The molecule has 1 unspecified atom stereocenters. The van der Waals surface area contributed by atoms with Crippen molar-refractivity contribution in [1.29, 1.82) is 0 Å². The van der Waals surface area contributed by atoms with Crippen molar-refractivity contribution in [1.82, 2.24) is 4.90 Å². The van der Waals surface area contributed by atoms with Crippen LogP contribution in [0.4, 0.5) is 0 Å². The molecule has 3 N–H and O–H groups in total. The van der Waals surface area contributed by atoms with Crippen LogP contribution in [-0.2, 0) is 9.47 Å². The molecule has 0 radical (unpaired) electrons. The van der Waals surface area contributed by atoms with E-state index in [0.717, 1.165) is 0 Å². The van der Waals surface area contributed by atoms with E-state index in [4.69, 9.17) is 20.3 Å².